The van der Waals surface area contributed by atoms with Gasteiger partial charge in [-0.1, -0.05) is 38.1 Å². The molecule has 2 aromatic carbocycles. The molecule has 0 aliphatic heterocycles. The molecule has 134 valence electrons. The number of methoxy groups -OCH3 is 1. The molecule has 1 atom stereocenters. The molecule has 3 nitrogen and oxygen atoms in total. The minimum atomic E-state index is -0.260. The second kappa shape index (κ2) is 9.21. The maximum atomic E-state index is 12.9. The van der Waals surface area contributed by atoms with Crippen molar-refractivity contribution in [2.24, 2.45) is 5.92 Å². The molecule has 0 aromatic heterocycles. The summed E-state index contributed by atoms with van der Waals surface area (Å²) >= 11 is 0. The Morgan fingerprint density at radius 2 is 1.72 bits per heavy atom. The fourth-order valence-corrected chi connectivity index (χ4v) is 2.76. The van der Waals surface area contributed by atoms with Crippen molar-refractivity contribution in [3.63, 3.8) is 0 Å². The number of aryl methyl sites for hydroxylation is 1. The predicted molar refractivity (Wildman–Crippen MR) is 98.1 cm³/mol. The van der Waals surface area contributed by atoms with Gasteiger partial charge in [0.15, 0.2) is 0 Å². The molecule has 0 bridgehead atoms. The lowest BCUT2D eigenvalue weighted by molar-refractivity contribution is -0.121. The van der Waals surface area contributed by atoms with Crippen LogP contribution >= 0.6 is 0 Å². The highest BCUT2D eigenvalue weighted by atomic mass is 19.1. The van der Waals surface area contributed by atoms with Gasteiger partial charge in [-0.25, -0.2) is 4.39 Å². The molecular formula is C21H26FNO2. The lowest BCUT2D eigenvalue weighted by Gasteiger charge is -2.21. The van der Waals surface area contributed by atoms with Gasteiger partial charge < -0.3 is 10.1 Å². The third kappa shape index (κ3) is 6.22. The quantitative estimate of drug-likeness (QED) is 0.756. The van der Waals surface area contributed by atoms with Gasteiger partial charge in [-0.3, -0.25) is 4.79 Å². The van der Waals surface area contributed by atoms with Crippen molar-refractivity contribution < 1.29 is 13.9 Å². The van der Waals surface area contributed by atoms with Crippen LogP contribution in [0.2, 0.25) is 0 Å². The number of ether oxygens (including phenoxy) is 1. The molecule has 25 heavy (non-hydrogen) atoms. The Balaban J connectivity index is 1.97. The number of amides is 1. The summed E-state index contributed by atoms with van der Waals surface area (Å²) < 4.78 is 18.1. The Kier molecular flexibility index (Phi) is 6.99. The average Bonchev–Trinajstić information content (AvgIpc) is 2.60. The molecule has 0 saturated carbocycles. The molecular weight excluding hydrogens is 317 g/mol. The van der Waals surface area contributed by atoms with Gasteiger partial charge in [-0.15, -0.1) is 0 Å². The van der Waals surface area contributed by atoms with E-state index in [0.29, 0.717) is 18.8 Å². The van der Waals surface area contributed by atoms with Crippen LogP contribution in [0, 0.1) is 11.7 Å². The Labute approximate surface area is 149 Å². The first kappa shape index (κ1) is 19.0. The van der Waals surface area contributed by atoms with E-state index in [-0.39, 0.29) is 17.8 Å². The number of hydrogen-bond donors (Lipinski definition) is 1. The van der Waals surface area contributed by atoms with E-state index in [2.05, 4.69) is 19.2 Å². The Hall–Kier alpha value is -2.36. The molecule has 4 heteroatoms. The van der Waals surface area contributed by atoms with Crippen LogP contribution in [-0.4, -0.2) is 13.0 Å². The van der Waals surface area contributed by atoms with E-state index >= 15 is 0 Å². The minimum Gasteiger partial charge on any atom is -0.497 e. The lowest BCUT2D eigenvalue weighted by Crippen LogP contribution is -2.29. The molecule has 2 rings (SSSR count). The van der Waals surface area contributed by atoms with Crippen LogP contribution in [0.5, 0.6) is 5.75 Å². The monoisotopic (exact) mass is 343 g/mol. The third-order valence-electron chi connectivity index (χ3n) is 4.11. The largest absolute Gasteiger partial charge is 0.497 e. The van der Waals surface area contributed by atoms with Crippen molar-refractivity contribution in [3.05, 3.63) is 65.5 Å². The first-order valence-electron chi connectivity index (χ1n) is 8.65. The van der Waals surface area contributed by atoms with E-state index in [1.807, 2.05) is 24.3 Å². The summed E-state index contributed by atoms with van der Waals surface area (Å²) in [6, 6.07) is 14.1. The smallest absolute Gasteiger partial charge is 0.220 e. The first-order valence-corrected chi connectivity index (χ1v) is 8.65. The summed E-state index contributed by atoms with van der Waals surface area (Å²) in [6.45, 7) is 4.28. The number of carbonyl (C=O) groups excluding carboxylic acids is 1. The van der Waals surface area contributed by atoms with Crippen LogP contribution in [0.4, 0.5) is 4.39 Å². The fourth-order valence-electron chi connectivity index (χ4n) is 2.76. The summed E-state index contributed by atoms with van der Waals surface area (Å²) in [5.74, 6) is 1.01. The van der Waals surface area contributed by atoms with Crippen molar-refractivity contribution in [3.8, 4) is 5.75 Å². The second-order valence-corrected chi connectivity index (χ2v) is 6.65. The standard InChI is InChI=1S/C21H26FNO2/c1-15(2)14-20(17-7-11-19(25-3)12-8-17)23-21(24)13-6-16-4-9-18(22)10-5-16/h4-5,7-12,15,20H,6,13-14H2,1-3H3,(H,23,24)/t20-/m0/s1. The van der Waals surface area contributed by atoms with Crippen LogP contribution < -0.4 is 10.1 Å². The molecule has 1 N–H and O–H groups in total. The van der Waals surface area contributed by atoms with Gasteiger partial charge in [0.25, 0.3) is 0 Å². The second-order valence-electron chi connectivity index (χ2n) is 6.65. The van der Waals surface area contributed by atoms with Gasteiger partial charge in [0.2, 0.25) is 5.91 Å². The van der Waals surface area contributed by atoms with Crippen molar-refractivity contribution in [1.82, 2.24) is 5.32 Å². The maximum Gasteiger partial charge on any atom is 0.220 e. The summed E-state index contributed by atoms with van der Waals surface area (Å²) in [6.07, 6.45) is 1.86. The van der Waals surface area contributed by atoms with Crippen molar-refractivity contribution in [2.45, 2.75) is 39.2 Å². The molecule has 0 spiro atoms. The van der Waals surface area contributed by atoms with Crippen molar-refractivity contribution in [2.75, 3.05) is 7.11 Å². The summed E-state index contributed by atoms with van der Waals surface area (Å²) in [5, 5.41) is 3.13. The molecule has 0 aliphatic rings. The normalized spacial score (nSPS) is 12.0. The summed E-state index contributed by atoms with van der Waals surface area (Å²) in [7, 11) is 1.64. The van der Waals surface area contributed by atoms with E-state index in [1.165, 1.54) is 12.1 Å². The van der Waals surface area contributed by atoms with E-state index in [1.54, 1.807) is 19.2 Å². The van der Waals surface area contributed by atoms with Crippen LogP contribution in [0.15, 0.2) is 48.5 Å². The maximum absolute atomic E-state index is 12.9. The van der Waals surface area contributed by atoms with E-state index < -0.39 is 0 Å². The molecule has 0 aliphatic carbocycles. The molecule has 0 heterocycles. The SMILES string of the molecule is COc1ccc([C@H](CC(C)C)NC(=O)CCc2ccc(F)cc2)cc1. The number of carbonyl (C=O) groups is 1. The number of rotatable bonds is 8. The molecule has 2 aromatic rings. The third-order valence-corrected chi connectivity index (χ3v) is 4.11. The van der Waals surface area contributed by atoms with Crippen LogP contribution in [0.3, 0.4) is 0 Å². The van der Waals surface area contributed by atoms with Gasteiger partial charge in [-0.05, 0) is 54.2 Å². The topological polar surface area (TPSA) is 38.3 Å². The first-order chi connectivity index (χ1) is 12.0. The Morgan fingerprint density at radius 3 is 2.28 bits per heavy atom. The van der Waals surface area contributed by atoms with Crippen LogP contribution in [-0.2, 0) is 11.2 Å². The predicted octanol–water partition coefficient (Wildman–Crippen LogP) is 4.67. The Morgan fingerprint density at radius 1 is 1.08 bits per heavy atom. The molecule has 1 amide bonds. The van der Waals surface area contributed by atoms with Gasteiger partial charge in [-0.2, -0.15) is 0 Å². The Bertz CT molecular complexity index is 665. The van der Waals surface area contributed by atoms with Crippen LogP contribution in [0.25, 0.3) is 0 Å². The highest BCUT2D eigenvalue weighted by molar-refractivity contribution is 5.76. The molecule has 0 radical (unpaired) electrons. The van der Waals surface area contributed by atoms with E-state index in [0.717, 1.165) is 23.3 Å². The molecule has 0 saturated heterocycles. The zero-order valence-electron chi connectivity index (χ0n) is 15.1. The zero-order valence-corrected chi connectivity index (χ0v) is 15.1. The highest BCUT2D eigenvalue weighted by Crippen LogP contribution is 2.23. The highest BCUT2D eigenvalue weighted by Gasteiger charge is 2.16. The summed E-state index contributed by atoms with van der Waals surface area (Å²) in [5.41, 5.74) is 2.03. The van der Waals surface area contributed by atoms with Gasteiger partial charge in [0.05, 0.1) is 13.2 Å². The van der Waals surface area contributed by atoms with E-state index in [9.17, 15) is 9.18 Å². The van der Waals surface area contributed by atoms with Gasteiger partial charge >= 0.3 is 0 Å². The van der Waals surface area contributed by atoms with Crippen molar-refractivity contribution >= 4 is 5.91 Å². The fraction of sp³-hybridized carbons (Fsp3) is 0.381. The number of nitrogens with one attached hydrogen (secondary N) is 1. The minimum absolute atomic E-state index is 0.00536. The zero-order chi connectivity index (χ0) is 18.2. The van der Waals surface area contributed by atoms with Gasteiger partial charge in [0, 0.05) is 6.42 Å². The van der Waals surface area contributed by atoms with Crippen LogP contribution in [0.1, 0.15) is 43.9 Å². The number of benzene rings is 2. The number of halogens is 1. The average molecular weight is 343 g/mol. The van der Waals surface area contributed by atoms with Crippen molar-refractivity contribution in [1.29, 1.82) is 0 Å². The molecule has 0 unspecified atom stereocenters. The lowest BCUT2D eigenvalue weighted by atomic mass is 9.96. The molecule has 0 fully saturated rings. The van der Waals surface area contributed by atoms with E-state index in [4.69, 9.17) is 4.74 Å². The van der Waals surface area contributed by atoms with Gasteiger partial charge in [0.1, 0.15) is 11.6 Å². The number of hydrogen-bond acceptors (Lipinski definition) is 2. The summed E-state index contributed by atoms with van der Waals surface area (Å²) in [4.78, 5) is 12.4.